The van der Waals surface area contributed by atoms with E-state index in [4.69, 9.17) is 9.47 Å². The number of alkyl halides is 1. The fraction of sp³-hybridized carbons (Fsp3) is 1.00. The predicted octanol–water partition coefficient (Wildman–Crippen LogP) is 0.837. The zero-order valence-corrected chi connectivity index (χ0v) is 12.7. The average molecular weight is 330 g/mol. The van der Waals surface area contributed by atoms with Crippen LogP contribution in [-0.4, -0.2) is 63.3 Å². The Morgan fingerprint density at radius 1 is 1.59 bits per heavy atom. The van der Waals surface area contributed by atoms with E-state index in [0.717, 1.165) is 12.8 Å². The first kappa shape index (κ1) is 15.4. The maximum Gasteiger partial charge on any atom is 0.216 e. The van der Waals surface area contributed by atoms with Gasteiger partial charge < -0.3 is 9.47 Å². The second kappa shape index (κ2) is 7.04. The van der Waals surface area contributed by atoms with E-state index >= 15 is 0 Å². The van der Waals surface area contributed by atoms with Crippen LogP contribution in [0.3, 0.4) is 0 Å². The van der Waals surface area contributed by atoms with E-state index in [0.29, 0.717) is 19.8 Å². The predicted molar refractivity (Wildman–Crippen MR) is 70.0 cm³/mol. The van der Waals surface area contributed by atoms with Crippen LogP contribution in [0.2, 0.25) is 0 Å². The Hall–Kier alpha value is 0.310. The summed E-state index contributed by atoms with van der Waals surface area (Å²) in [5.74, 6) is 0.0796. The Kier molecular flexibility index (Phi) is 6.36. The Bertz CT molecular complexity index is 316. The van der Waals surface area contributed by atoms with Crippen LogP contribution in [0.5, 0.6) is 0 Å². The third-order valence-electron chi connectivity index (χ3n) is 2.70. The molecule has 0 aromatic heterocycles. The lowest BCUT2D eigenvalue weighted by Gasteiger charge is -2.21. The molecule has 0 amide bonds. The summed E-state index contributed by atoms with van der Waals surface area (Å²) >= 11 is 3.38. The summed E-state index contributed by atoms with van der Waals surface area (Å²) in [6.45, 7) is 1.57. The molecule has 0 N–H and O–H groups in total. The number of nitrogens with zero attached hydrogens (tertiary/aromatic N) is 1. The molecular weight excluding hydrogens is 310 g/mol. The lowest BCUT2D eigenvalue weighted by atomic mass is 10.3. The van der Waals surface area contributed by atoms with Crippen LogP contribution in [0.1, 0.15) is 12.8 Å². The van der Waals surface area contributed by atoms with Crippen molar-refractivity contribution in [3.63, 3.8) is 0 Å². The smallest absolute Gasteiger partial charge is 0.216 e. The molecule has 0 spiro atoms. The summed E-state index contributed by atoms with van der Waals surface area (Å²) in [6.07, 6.45) is 1.65. The van der Waals surface area contributed by atoms with Crippen LogP contribution >= 0.6 is 15.9 Å². The molecule has 1 rings (SSSR count). The summed E-state index contributed by atoms with van der Waals surface area (Å²) < 4.78 is 35.7. The van der Waals surface area contributed by atoms with Crippen molar-refractivity contribution in [3.8, 4) is 0 Å². The van der Waals surface area contributed by atoms with E-state index in [1.807, 2.05) is 0 Å². The first-order chi connectivity index (χ1) is 7.95. The first-order valence-corrected chi connectivity index (χ1v) is 8.17. The SMILES string of the molecule is COCC(Br)CN(C)S(=O)(=O)CC1CCCO1. The molecule has 0 aromatic carbocycles. The van der Waals surface area contributed by atoms with Gasteiger partial charge in [0.15, 0.2) is 0 Å². The van der Waals surface area contributed by atoms with Crippen molar-refractivity contribution in [2.75, 3.05) is 39.7 Å². The summed E-state index contributed by atoms with van der Waals surface area (Å²) in [6, 6.07) is 0. The zero-order chi connectivity index (χ0) is 12.9. The van der Waals surface area contributed by atoms with Gasteiger partial charge in [-0.3, -0.25) is 0 Å². The number of halogens is 1. The van der Waals surface area contributed by atoms with E-state index in [1.165, 1.54) is 4.31 Å². The van der Waals surface area contributed by atoms with Crippen LogP contribution in [0.25, 0.3) is 0 Å². The van der Waals surface area contributed by atoms with Gasteiger partial charge in [0.25, 0.3) is 0 Å². The summed E-state index contributed by atoms with van der Waals surface area (Å²) in [4.78, 5) is 0.0109. The molecule has 102 valence electrons. The molecule has 2 atom stereocenters. The molecule has 1 fully saturated rings. The van der Waals surface area contributed by atoms with Gasteiger partial charge in [0, 0.05) is 27.3 Å². The second-order valence-electron chi connectivity index (χ2n) is 4.25. The second-order valence-corrected chi connectivity index (χ2v) is 7.66. The third kappa shape index (κ3) is 5.21. The molecule has 0 aliphatic carbocycles. The molecule has 0 aromatic rings. The van der Waals surface area contributed by atoms with Crippen molar-refractivity contribution in [3.05, 3.63) is 0 Å². The molecule has 0 saturated carbocycles. The molecule has 5 nitrogen and oxygen atoms in total. The molecule has 1 aliphatic rings. The zero-order valence-electron chi connectivity index (χ0n) is 10.3. The third-order valence-corrected chi connectivity index (χ3v) is 5.14. The van der Waals surface area contributed by atoms with Gasteiger partial charge in [0.2, 0.25) is 10.0 Å². The highest BCUT2D eigenvalue weighted by molar-refractivity contribution is 9.09. The average Bonchev–Trinajstić information content (AvgIpc) is 2.69. The van der Waals surface area contributed by atoms with Crippen LogP contribution in [0, 0.1) is 0 Å². The minimum absolute atomic E-state index is 0.0109. The monoisotopic (exact) mass is 329 g/mol. The van der Waals surface area contributed by atoms with E-state index in [1.54, 1.807) is 14.2 Å². The molecule has 1 saturated heterocycles. The minimum atomic E-state index is -3.23. The highest BCUT2D eigenvalue weighted by Gasteiger charge is 2.27. The highest BCUT2D eigenvalue weighted by atomic mass is 79.9. The molecule has 0 bridgehead atoms. The van der Waals surface area contributed by atoms with Gasteiger partial charge in [0.05, 0.1) is 23.3 Å². The van der Waals surface area contributed by atoms with Gasteiger partial charge in [-0.2, -0.15) is 0 Å². The van der Waals surface area contributed by atoms with E-state index in [9.17, 15) is 8.42 Å². The lowest BCUT2D eigenvalue weighted by Crippen LogP contribution is -2.38. The van der Waals surface area contributed by atoms with Gasteiger partial charge in [-0.25, -0.2) is 12.7 Å². The van der Waals surface area contributed by atoms with Crippen LogP contribution in [-0.2, 0) is 19.5 Å². The Morgan fingerprint density at radius 2 is 2.29 bits per heavy atom. The van der Waals surface area contributed by atoms with Crippen LogP contribution in [0.4, 0.5) is 0 Å². The maximum atomic E-state index is 12.0. The molecular formula is C10H20BrNO4S. The van der Waals surface area contributed by atoms with E-state index < -0.39 is 10.0 Å². The maximum absolute atomic E-state index is 12.0. The van der Waals surface area contributed by atoms with Crippen molar-refractivity contribution in [2.24, 2.45) is 0 Å². The number of hydrogen-bond donors (Lipinski definition) is 0. The van der Waals surface area contributed by atoms with Crippen LogP contribution < -0.4 is 0 Å². The van der Waals surface area contributed by atoms with Crippen molar-refractivity contribution in [1.29, 1.82) is 0 Å². The standard InChI is InChI=1S/C10H20BrNO4S/c1-12(6-9(11)7-15-2)17(13,14)8-10-4-3-5-16-10/h9-10H,3-8H2,1-2H3. The number of hydrogen-bond acceptors (Lipinski definition) is 4. The molecule has 0 radical (unpaired) electrons. The lowest BCUT2D eigenvalue weighted by molar-refractivity contribution is 0.126. The van der Waals surface area contributed by atoms with Gasteiger partial charge >= 0.3 is 0 Å². The van der Waals surface area contributed by atoms with E-state index in [-0.39, 0.29) is 16.7 Å². The Labute approximate surface area is 112 Å². The van der Waals surface area contributed by atoms with E-state index in [2.05, 4.69) is 15.9 Å². The van der Waals surface area contributed by atoms with Crippen molar-refractivity contribution in [1.82, 2.24) is 4.31 Å². The Balaban J connectivity index is 2.44. The fourth-order valence-corrected chi connectivity index (χ4v) is 4.05. The van der Waals surface area contributed by atoms with Crippen molar-refractivity contribution < 1.29 is 17.9 Å². The minimum Gasteiger partial charge on any atom is -0.383 e. The largest absolute Gasteiger partial charge is 0.383 e. The topological polar surface area (TPSA) is 55.8 Å². The summed E-state index contributed by atoms with van der Waals surface area (Å²) in [5, 5.41) is 0. The molecule has 17 heavy (non-hydrogen) atoms. The molecule has 1 heterocycles. The number of ether oxygens (including phenoxy) is 2. The fourth-order valence-electron chi connectivity index (χ4n) is 1.76. The normalized spacial score (nSPS) is 23.2. The number of methoxy groups -OCH3 is 1. The number of sulfonamides is 1. The highest BCUT2D eigenvalue weighted by Crippen LogP contribution is 2.16. The van der Waals surface area contributed by atoms with Gasteiger partial charge in [-0.15, -0.1) is 0 Å². The van der Waals surface area contributed by atoms with Crippen molar-refractivity contribution >= 4 is 26.0 Å². The van der Waals surface area contributed by atoms with Gasteiger partial charge in [-0.05, 0) is 12.8 Å². The molecule has 2 unspecified atom stereocenters. The number of rotatable bonds is 7. The Morgan fingerprint density at radius 3 is 2.82 bits per heavy atom. The summed E-state index contributed by atoms with van der Waals surface area (Å²) in [7, 11) is -0.0504. The molecule has 1 aliphatic heterocycles. The van der Waals surface area contributed by atoms with Crippen LogP contribution in [0.15, 0.2) is 0 Å². The molecule has 7 heteroatoms. The quantitative estimate of drug-likeness (QED) is 0.649. The first-order valence-electron chi connectivity index (χ1n) is 5.64. The van der Waals surface area contributed by atoms with Gasteiger partial charge in [0.1, 0.15) is 0 Å². The summed E-state index contributed by atoms with van der Waals surface area (Å²) in [5.41, 5.74) is 0. The van der Waals surface area contributed by atoms with Gasteiger partial charge in [-0.1, -0.05) is 15.9 Å². The van der Waals surface area contributed by atoms with Crippen molar-refractivity contribution in [2.45, 2.75) is 23.8 Å².